The lowest BCUT2D eigenvalue weighted by atomic mass is 10.1. The normalized spacial score (nSPS) is 15.1. The summed E-state index contributed by atoms with van der Waals surface area (Å²) in [6.07, 6.45) is 4.25. The van der Waals surface area contributed by atoms with Gasteiger partial charge in [0.1, 0.15) is 11.6 Å². The van der Waals surface area contributed by atoms with Crippen LogP contribution in [-0.2, 0) is 4.79 Å². The number of hydrogen-bond donors (Lipinski definition) is 1. The number of benzene rings is 1. The molecule has 1 aromatic rings. The number of ether oxygens (including phenoxy) is 1. The highest BCUT2D eigenvalue weighted by atomic mass is 19.1. The van der Waals surface area contributed by atoms with Crippen molar-refractivity contribution in [3.8, 4) is 5.75 Å². The molecule has 0 radical (unpaired) electrons. The van der Waals surface area contributed by atoms with Gasteiger partial charge in [0.15, 0.2) is 0 Å². The number of esters is 1. The van der Waals surface area contributed by atoms with Crippen LogP contribution in [0.25, 0.3) is 0 Å². The number of nitrogens with one attached hydrogen (secondary N) is 1. The molecule has 0 atom stereocenters. The van der Waals surface area contributed by atoms with Crippen molar-refractivity contribution in [2.24, 2.45) is 0 Å². The van der Waals surface area contributed by atoms with Crippen LogP contribution in [0.3, 0.4) is 0 Å². The molecule has 1 aliphatic heterocycles. The van der Waals surface area contributed by atoms with E-state index in [-0.39, 0.29) is 11.8 Å². The van der Waals surface area contributed by atoms with Crippen molar-refractivity contribution in [3.63, 3.8) is 0 Å². The first-order valence-electron chi connectivity index (χ1n) is 6.09. The molecule has 1 aliphatic rings. The second kappa shape index (κ2) is 6.31. The van der Waals surface area contributed by atoms with Crippen molar-refractivity contribution in [2.75, 3.05) is 13.1 Å². The van der Waals surface area contributed by atoms with Gasteiger partial charge in [0.05, 0.1) is 0 Å². The molecule has 1 N–H and O–H groups in total. The van der Waals surface area contributed by atoms with Gasteiger partial charge >= 0.3 is 5.97 Å². The minimum atomic E-state index is -0.340. The van der Waals surface area contributed by atoms with Gasteiger partial charge in [0, 0.05) is 13.0 Å². The molecule has 3 nitrogen and oxygen atoms in total. The Morgan fingerprint density at radius 1 is 1.33 bits per heavy atom. The Morgan fingerprint density at radius 3 is 2.78 bits per heavy atom. The van der Waals surface area contributed by atoms with E-state index in [4.69, 9.17) is 4.74 Å². The molecular formula is C14H16FNO2. The highest BCUT2D eigenvalue weighted by Crippen LogP contribution is 2.14. The molecule has 96 valence electrons. The molecule has 1 heterocycles. The van der Waals surface area contributed by atoms with Crippen molar-refractivity contribution in [1.82, 2.24) is 5.32 Å². The summed E-state index contributed by atoms with van der Waals surface area (Å²) in [5.41, 5.74) is 1.25. The lowest BCUT2D eigenvalue weighted by molar-refractivity contribution is -0.134. The number of hydrogen-bond acceptors (Lipinski definition) is 3. The highest BCUT2D eigenvalue weighted by molar-refractivity contribution is 5.72. The van der Waals surface area contributed by atoms with E-state index >= 15 is 0 Å². The summed E-state index contributed by atoms with van der Waals surface area (Å²) in [4.78, 5) is 11.6. The van der Waals surface area contributed by atoms with Crippen LogP contribution in [0.5, 0.6) is 5.75 Å². The molecule has 4 heteroatoms. The smallest absolute Gasteiger partial charge is 0.311 e. The largest absolute Gasteiger partial charge is 0.427 e. The Bertz CT molecular complexity index is 440. The lowest BCUT2D eigenvalue weighted by Gasteiger charge is -2.13. The summed E-state index contributed by atoms with van der Waals surface area (Å²) in [6.45, 7) is 1.85. The van der Waals surface area contributed by atoms with Crippen LogP contribution < -0.4 is 10.1 Å². The van der Waals surface area contributed by atoms with Crippen molar-refractivity contribution in [2.45, 2.75) is 19.3 Å². The number of halogens is 1. The van der Waals surface area contributed by atoms with Gasteiger partial charge in [-0.1, -0.05) is 11.6 Å². The third kappa shape index (κ3) is 3.96. The molecule has 18 heavy (non-hydrogen) atoms. The zero-order valence-electron chi connectivity index (χ0n) is 10.1. The second-order valence-electron chi connectivity index (χ2n) is 4.26. The first kappa shape index (κ1) is 12.8. The molecule has 2 rings (SSSR count). The Hall–Kier alpha value is -1.68. The zero-order chi connectivity index (χ0) is 12.8. The van der Waals surface area contributed by atoms with Crippen molar-refractivity contribution < 1.29 is 13.9 Å². The lowest BCUT2D eigenvalue weighted by Crippen LogP contribution is -2.22. The van der Waals surface area contributed by atoms with E-state index in [0.29, 0.717) is 18.6 Å². The molecule has 0 spiro atoms. The van der Waals surface area contributed by atoms with E-state index in [2.05, 4.69) is 11.4 Å². The van der Waals surface area contributed by atoms with Gasteiger partial charge in [-0.2, -0.15) is 0 Å². The fraction of sp³-hybridized carbons (Fsp3) is 0.357. The van der Waals surface area contributed by atoms with Crippen LogP contribution in [0.2, 0.25) is 0 Å². The molecule has 0 bridgehead atoms. The first-order chi connectivity index (χ1) is 8.74. The molecule has 0 saturated heterocycles. The van der Waals surface area contributed by atoms with Crippen molar-refractivity contribution in [3.05, 3.63) is 41.7 Å². The number of rotatable bonds is 4. The average molecular weight is 249 g/mol. The third-order valence-corrected chi connectivity index (χ3v) is 2.80. The van der Waals surface area contributed by atoms with Gasteiger partial charge in [0.25, 0.3) is 0 Å². The van der Waals surface area contributed by atoms with Gasteiger partial charge in [-0.05, 0) is 43.7 Å². The third-order valence-electron chi connectivity index (χ3n) is 2.80. The second-order valence-corrected chi connectivity index (χ2v) is 4.26. The van der Waals surface area contributed by atoms with Crippen LogP contribution in [0, 0.1) is 5.82 Å². The van der Waals surface area contributed by atoms with E-state index in [1.165, 1.54) is 29.8 Å². The molecular weight excluding hydrogens is 233 g/mol. The van der Waals surface area contributed by atoms with E-state index in [9.17, 15) is 9.18 Å². The fourth-order valence-electron chi connectivity index (χ4n) is 1.84. The number of carbonyl (C=O) groups excluding carboxylic acids is 1. The fourth-order valence-corrected chi connectivity index (χ4v) is 1.84. The predicted molar refractivity (Wildman–Crippen MR) is 66.8 cm³/mol. The summed E-state index contributed by atoms with van der Waals surface area (Å²) >= 11 is 0. The summed E-state index contributed by atoms with van der Waals surface area (Å²) in [6, 6.07) is 5.45. The van der Waals surface area contributed by atoms with Gasteiger partial charge in [-0.25, -0.2) is 4.39 Å². The van der Waals surface area contributed by atoms with E-state index in [0.717, 1.165) is 19.5 Å². The number of carbonyl (C=O) groups is 1. The Balaban J connectivity index is 1.78. The molecule has 0 saturated carbocycles. The maximum absolute atomic E-state index is 12.7. The van der Waals surface area contributed by atoms with Crippen molar-refractivity contribution in [1.29, 1.82) is 0 Å². The van der Waals surface area contributed by atoms with Crippen molar-refractivity contribution >= 4 is 5.97 Å². The Kier molecular flexibility index (Phi) is 4.47. The highest BCUT2D eigenvalue weighted by Gasteiger charge is 2.08. The molecule has 1 aromatic carbocycles. The Labute approximate surface area is 106 Å². The topological polar surface area (TPSA) is 38.3 Å². The van der Waals surface area contributed by atoms with Crippen LogP contribution in [0.4, 0.5) is 4.39 Å². The maximum atomic E-state index is 12.7. The molecule has 0 unspecified atom stereocenters. The van der Waals surface area contributed by atoms with Crippen LogP contribution >= 0.6 is 0 Å². The molecule has 0 aliphatic carbocycles. The van der Waals surface area contributed by atoms with Gasteiger partial charge in [-0.3, -0.25) is 4.79 Å². The SMILES string of the molecule is O=C(CCC1=CCCNC1)Oc1ccc(F)cc1. The Morgan fingerprint density at radius 2 is 2.11 bits per heavy atom. The summed E-state index contributed by atoms with van der Waals surface area (Å²) in [5, 5.41) is 3.25. The first-order valence-corrected chi connectivity index (χ1v) is 6.09. The monoisotopic (exact) mass is 249 g/mol. The quantitative estimate of drug-likeness (QED) is 0.506. The molecule has 0 amide bonds. The predicted octanol–water partition coefficient (Wildman–Crippen LogP) is 2.43. The summed E-state index contributed by atoms with van der Waals surface area (Å²) in [7, 11) is 0. The van der Waals surface area contributed by atoms with Gasteiger partial charge in [0.2, 0.25) is 0 Å². The summed E-state index contributed by atoms with van der Waals surface area (Å²) in [5.74, 6) is -0.238. The minimum absolute atomic E-state index is 0.284. The van der Waals surface area contributed by atoms with Crippen LogP contribution in [0.1, 0.15) is 19.3 Å². The van der Waals surface area contributed by atoms with E-state index < -0.39 is 0 Å². The van der Waals surface area contributed by atoms with Crippen LogP contribution in [-0.4, -0.2) is 19.1 Å². The van der Waals surface area contributed by atoms with Gasteiger partial charge in [-0.15, -0.1) is 0 Å². The average Bonchev–Trinajstić information content (AvgIpc) is 2.40. The van der Waals surface area contributed by atoms with Crippen LogP contribution in [0.15, 0.2) is 35.9 Å². The van der Waals surface area contributed by atoms with Gasteiger partial charge < -0.3 is 10.1 Å². The standard InChI is InChI=1S/C14H16FNO2/c15-12-4-6-13(7-5-12)18-14(17)8-3-11-2-1-9-16-10-11/h2,4-7,16H,1,3,8-10H2. The molecule has 0 fully saturated rings. The summed E-state index contributed by atoms with van der Waals surface area (Å²) < 4.78 is 17.8. The molecule has 0 aromatic heterocycles. The minimum Gasteiger partial charge on any atom is -0.427 e. The van der Waals surface area contributed by atoms with E-state index in [1.807, 2.05) is 0 Å². The van der Waals surface area contributed by atoms with E-state index in [1.54, 1.807) is 0 Å². The zero-order valence-corrected chi connectivity index (χ0v) is 10.1. The maximum Gasteiger partial charge on any atom is 0.311 e.